The van der Waals surface area contributed by atoms with Crippen molar-refractivity contribution in [2.45, 2.75) is 0 Å². The molecule has 1 aliphatic heterocycles. The summed E-state index contributed by atoms with van der Waals surface area (Å²) in [6.45, 7) is 1.74. The summed E-state index contributed by atoms with van der Waals surface area (Å²) in [6, 6.07) is 9.40. The van der Waals surface area contributed by atoms with Gasteiger partial charge in [-0.25, -0.2) is 4.79 Å². The molecule has 158 valence electrons. The number of hydrogen-bond acceptors (Lipinski definition) is 9. The minimum Gasteiger partial charge on any atom is -0.495 e. The Bertz CT molecular complexity index is 987. The summed E-state index contributed by atoms with van der Waals surface area (Å²) in [5.41, 5.74) is -0.332. The summed E-state index contributed by atoms with van der Waals surface area (Å²) >= 11 is 0. The molecule has 0 aromatic heterocycles. The number of anilines is 2. The number of nitro groups is 2. The third-order valence-electron chi connectivity index (χ3n) is 4.91. The van der Waals surface area contributed by atoms with Gasteiger partial charge in [0.1, 0.15) is 11.4 Å². The molecule has 1 saturated heterocycles. The van der Waals surface area contributed by atoms with Crippen LogP contribution in [0.5, 0.6) is 5.75 Å². The summed E-state index contributed by atoms with van der Waals surface area (Å²) < 4.78 is 10.1. The number of carbonyl (C=O) groups excluding carboxylic acids is 1. The van der Waals surface area contributed by atoms with Crippen molar-refractivity contribution in [2.75, 3.05) is 50.2 Å². The minimum absolute atomic E-state index is 0.0251. The van der Waals surface area contributed by atoms with Gasteiger partial charge in [-0.3, -0.25) is 20.2 Å². The van der Waals surface area contributed by atoms with Crippen molar-refractivity contribution < 1.29 is 24.1 Å². The highest BCUT2D eigenvalue weighted by Crippen LogP contribution is 2.38. The third kappa shape index (κ3) is 3.95. The van der Waals surface area contributed by atoms with Gasteiger partial charge in [-0.15, -0.1) is 0 Å². The molecule has 0 spiro atoms. The summed E-state index contributed by atoms with van der Waals surface area (Å²) in [5.74, 6) is -0.161. The van der Waals surface area contributed by atoms with E-state index >= 15 is 0 Å². The van der Waals surface area contributed by atoms with Crippen molar-refractivity contribution in [1.82, 2.24) is 0 Å². The summed E-state index contributed by atoms with van der Waals surface area (Å²) in [7, 11) is 2.70. The number of nitrogens with zero attached hydrogens (tertiary/aromatic N) is 4. The highest BCUT2D eigenvalue weighted by Gasteiger charge is 2.33. The average molecular weight is 416 g/mol. The fraction of sp³-hybridized carbons (Fsp3) is 0.316. The second kappa shape index (κ2) is 8.64. The van der Waals surface area contributed by atoms with Crippen LogP contribution in [0.15, 0.2) is 36.4 Å². The number of nitro benzene ring substituents is 2. The Morgan fingerprint density at radius 3 is 2.17 bits per heavy atom. The normalized spacial score (nSPS) is 13.7. The maximum absolute atomic E-state index is 12.3. The van der Waals surface area contributed by atoms with Crippen LogP contribution in [0, 0.1) is 20.2 Å². The van der Waals surface area contributed by atoms with Gasteiger partial charge in [0, 0.05) is 32.2 Å². The molecule has 1 heterocycles. The van der Waals surface area contributed by atoms with Crippen molar-refractivity contribution in [3.8, 4) is 5.75 Å². The second-order valence-corrected chi connectivity index (χ2v) is 6.51. The highest BCUT2D eigenvalue weighted by molar-refractivity contribution is 5.99. The summed E-state index contributed by atoms with van der Waals surface area (Å²) in [4.78, 5) is 37.4. The fourth-order valence-corrected chi connectivity index (χ4v) is 3.51. The van der Waals surface area contributed by atoms with E-state index < -0.39 is 27.2 Å². The maximum Gasteiger partial charge on any atom is 0.340 e. The van der Waals surface area contributed by atoms with Gasteiger partial charge in [-0.2, -0.15) is 0 Å². The number of methoxy groups -OCH3 is 2. The van der Waals surface area contributed by atoms with Gasteiger partial charge in [0.25, 0.3) is 11.4 Å². The first kappa shape index (κ1) is 20.8. The van der Waals surface area contributed by atoms with Gasteiger partial charge in [-0.05, 0) is 12.1 Å². The van der Waals surface area contributed by atoms with E-state index in [1.54, 1.807) is 12.0 Å². The van der Waals surface area contributed by atoms with Crippen LogP contribution in [0.3, 0.4) is 0 Å². The average Bonchev–Trinajstić information content (AvgIpc) is 2.77. The molecule has 0 amide bonds. The minimum atomic E-state index is -0.871. The van der Waals surface area contributed by atoms with E-state index in [1.807, 2.05) is 24.3 Å². The van der Waals surface area contributed by atoms with E-state index in [0.717, 1.165) is 24.9 Å². The van der Waals surface area contributed by atoms with Crippen LogP contribution in [-0.4, -0.2) is 56.2 Å². The van der Waals surface area contributed by atoms with Crippen molar-refractivity contribution in [1.29, 1.82) is 0 Å². The number of para-hydroxylation sites is 2. The third-order valence-corrected chi connectivity index (χ3v) is 4.91. The first-order chi connectivity index (χ1) is 14.4. The molecule has 1 aliphatic rings. The molecule has 0 N–H and O–H groups in total. The molecular weight excluding hydrogens is 396 g/mol. The van der Waals surface area contributed by atoms with E-state index in [2.05, 4.69) is 4.90 Å². The number of esters is 1. The van der Waals surface area contributed by atoms with Crippen LogP contribution in [0.4, 0.5) is 22.7 Å². The lowest BCUT2D eigenvalue weighted by atomic mass is 10.1. The van der Waals surface area contributed by atoms with Gasteiger partial charge in [-0.1, -0.05) is 12.1 Å². The number of hydrogen-bond donors (Lipinski definition) is 0. The van der Waals surface area contributed by atoms with Crippen LogP contribution in [0.2, 0.25) is 0 Å². The van der Waals surface area contributed by atoms with Crippen LogP contribution < -0.4 is 14.5 Å². The van der Waals surface area contributed by atoms with Gasteiger partial charge in [0.05, 0.1) is 41.4 Å². The Labute approximate surface area is 171 Å². The largest absolute Gasteiger partial charge is 0.495 e. The molecule has 0 aliphatic carbocycles. The van der Waals surface area contributed by atoms with Crippen molar-refractivity contribution in [3.63, 3.8) is 0 Å². The molecule has 0 bridgehead atoms. The first-order valence-corrected chi connectivity index (χ1v) is 9.05. The molecule has 3 rings (SSSR count). The maximum atomic E-state index is 12.3. The number of piperazine rings is 1. The Morgan fingerprint density at radius 2 is 1.60 bits per heavy atom. The van der Waals surface area contributed by atoms with Gasteiger partial charge in [0.2, 0.25) is 0 Å². The molecule has 30 heavy (non-hydrogen) atoms. The van der Waals surface area contributed by atoms with Crippen molar-refractivity contribution in [2.24, 2.45) is 0 Å². The SMILES string of the molecule is COC(=O)c1cc([N+](=O)[O-])cc([N+](=O)[O-])c1N1CCN(c2ccccc2OC)CC1. The zero-order chi connectivity index (χ0) is 21.8. The number of ether oxygens (including phenoxy) is 2. The van der Waals surface area contributed by atoms with Gasteiger partial charge in [0.15, 0.2) is 0 Å². The van der Waals surface area contributed by atoms with E-state index in [4.69, 9.17) is 9.47 Å². The zero-order valence-electron chi connectivity index (χ0n) is 16.4. The van der Waals surface area contributed by atoms with Gasteiger partial charge >= 0.3 is 5.97 Å². The Balaban J connectivity index is 1.97. The standard InChI is InChI=1S/C19H20N4O7/c1-29-17-6-4-3-5-15(17)20-7-9-21(10-8-20)18-14(19(24)30-2)11-13(22(25)26)12-16(18)23(27)28/h3-6,11-12H,7-10H2,1-2H3. The monoisotopic (exact) mass is 416 g/mol. The number of benzene rings is 2. The molecule has 0 unspecified atom stereocenters. The predicted molar refractivity (Wildman–Crippen MR) is 109 cm³/mol. The molecule has 0 saturated carbocycles. The Kier molecular flexibility index (Phi) is 6.00. The molecule has 11 nitrogen and oxygen atoms in total. The van der Waals surface area contributed by atoms with E-state index in [1.165, 1.54) is 0 Å². The number of carbonyl (C=O) groups is 1. The molecular formula is C19H20N4O7. The van der Waals surface area contributed by atoms with E-state index in [9.17, 15) is 25.0 Å². The fourth-order valence-electron chi connectivity index (χ4n) is 3.51. The Hall–Kier alpha value is -3.89. The van der Waals surface area contributed by atoms with Crippen molar-refractivity contribution in [3.05, 3.63) is 62.2 Å². The zero-order valence-corrected chi connectivity index (χ0v) is 16.4. The Morgan fingerprint density at radius 1 is 0.967 bits per heavy atom. The van der Waals surface area contributed by atoms with Gasteiger partial charge < -0.3 is 19.3 Å². The molecule has 2 aromatic rings. The molecule has 2 aromatic carbocycles. The highest BCUT2D eigenvalue weighted by atomic mass is 16.6. The molecule has 1 fully saturated rings. The van der Waals surface area contributed by atoms with Crippen molar-refractivity contribution >= 4 is 28.7 Å². The van der Waals surface area contributed by atoms with E-state index in [0.29, 0.717) is 31.9 Å². The topological polar surface area (TPSA) is 128 Å². The first-order valence-electron chi connectivity index (χ1n) is 9.05. The lowest BCUT2D eigenvalue weighted by Crippen LogP contribution is -2.47. The molecule has 0 radical (unpaired) electrons. The second-order valence-electron chi connectivity index (χ2n) is 6.51. The van der Waals surface area contributed by atoms with Crippen LogP contribution in [-0.2, 0) is 4.74 Å². The predicted octanol–water partition coefficient (Wildman–Crippen LogP) is 2.62. The molecule has 11 heteroatoms. The quantitative estimate of drug-likeness (QED) is 0.396. The smallest absolute Gasteiger partial charge is 0.340 e. The van der Waals surface area contributed by atoms with Crippen LogP contribution >= 0.6 is 0 Å². The lowest BCUT2D eigenvalue weighted by molar-refractivity contribution is -0.393. The molecule has 0 atom stereocenters. The number of non-ortho nitro benzene ring substituents is 1. The van der Waals surface area contributed by atoms with E-state index in [-0.39, 0.29) is 11.3 Å². The summed E-state index contributed by atoms with van der Waals surface area (Å²) in [6.07, 6.45) is 0. The lowest BCUT2D eigenvalue weighted by Gasteiger charge is -2.38. The summed E-state index contributed by atoms with van der Waals surface area (Å²) in [5, 5.41) is 22.8. The van der Waals surface area contributed by atoms with Crippen LogP contribution in [0.1, 0.15) is 10.4 Å². The van der Waals surface area contributed by atoms with Crippen LogP contribution in [0.25, 0.3) is 0 Å². The number of rotatable bonds is 6.